The Morgan fingerprint density at radius 1 is 1.38 bits per heavy atom. The first-order chi connectivity index (χ1) is 10.2. The third-order valence-electron chi connectivity index (χ3n) is 3.78. The smallest absolute Gasteiger partial charge is 0.246 e. The normalized spacial score (nSPS) is 19.8. The fourth-order valence-electron chi connectivity index (χ4n) is 2.64. The number of hydrogen-bond acceptors (Lipinski definition) is 2. The maximum atomic E-state index is 12.6. The van der Waals surface area contributed by atoms with Crippen molar-refractivity contribution < 1.29 is 9.59 Å². The summed E-state index contributed by atoms with van der Waals surface area (Å²) in [4.78, 5) is 26.1. The molecule has 0 bridgehead atoms. The van der Waals surface area contributed by atoms with E-state index in [-0.39, 0.29) is 24.4 Å². The molecule has 1 aliphatic heterocycles. The van der Waals surface area contributed by atoms with E-state index in [1.54, 1.807) is 4.90 Å². The van der Waals surface area contributed by atoms with Crippen molar-refractivity contribution in [2.45, 2.75) is 38.3 Å². The Labute approximate surface area is 125 Å². The van der Waals surface area contributed by atoms with Crippen LogP contribution in [0.15, 0.2) is 30.3 Å². The molecule has 2 rings (SSSR count). The number of terminal acetylenes is 1. The van der Waals surface area contributed by atoms with Crippen molar-refractivity contribution >= 4 is 11.8 Å². The van der Waals surface area contributed by atoms with Gasteiger partial charge in [-0.25, -0.2) is 0 Å². The van der Waals surface area contributed by atoms with Crippen LogP contribution in [0.4, 0.5) is 0 Å². The maximum Gasteiger partial charge on any atom is 0.246 e. The topological polar surface area (TPSA) is 49.4 Å². The van der Waals surface area contributed by atoms with E-state index in [1.807, 2.05) is 37.3 Å². The molecule has 0 aromatic heterocycles. The maximum absolute atomic E-state index is 12.6. The second-order valence-corrected chi connectivity index (χ2v) is 5.25. The molecule has 1 N–H and O–H groups in total. The summed E-state index contributed by atoms with van der Waals surface area (Å²) in [5.41, 5.74) is 1.03. The van der Waals surface area contributed by atoms with Gasteiger partial charge in [-0.05, 0) is 12.0 Å². The molecule has 2 atom stereocenters. The number of hydrogen-bond donors (Lipinski definition) is 1. The van der Waals surface area contributed by atoms with Crippen LogP contribution in [0.1, 0.15) is 25.3 Å². The third-order valence-corrected chi connectivity index (χ3v) is 3.78. The molecule has 1 saturated heterocycles. The number of piperazine rings is 1. The van der Waals surface area contributed by atoms with Crippen LogP contribution in [0.25, 0.3) is 0 Å². The van der Waals surface area contributed by atoms with Gasteiger partial charge in [0.15, 0.2) is 0 Å². The van der Waals surface area contributed by atoms with E-state index in [0.29, 0.717) is 12.8 Å². The van der Waals surface area contributed by atoms with Crippen molar-refractivity contribution in [2.24, 2.45) is 0 Å². The summed E-state index contributed by atoms with van der Waals surface area (Å²) in [5, 5.41) is 2.78. The predicted octanol–water partition coefficient (Wildman–Crippen LogP) is 1.36. The molecular weight excluding hydrogens is 264 g/mol. The molecular formula is C17H20N2O2. The lowest BCUT2D eigenvalue weighted by Gasteiger charge is -2.37. The van der Waals surface area contributed by atoms with Gasteiger partial charge in [-0.1, -0.05) is 37.3 Å². The standard InChI is InChI=1S/C17H20N2O2/c1-3-8-14(4-2)19-12-16(20)18-15(17(19)21)11-13-9-6-5-7-10-13/h1,5-7,9-10,14-15H,4,8,11-12H2,2H3,(H,18,20). The van der Waals surface area contributed by atoms with Crippen molar-refractivity contribution in [3.8, 4) is 12.3 Å². The van der Waals surface area contributed by atoms with Crippen molar-refractivity contribution in [3.63, 3.8) is 0 Å². The minimum absolute atomic E-state index is 0.0412. The van der Waals surface area contributed by atoms with E-state index in [9.17, 15) is 9.59 Å². The molecule has 1 aromatic rings. The van der Waals surface area contributed by atoms with Crippen LogP contribution in [-0.4, -0.2) is 35.3 Å². The fraction of sp³-hybridized carbons (Fsp3) is 0.412. The Hall–Kier alpha value is -2.28. The highest BCUT2D eigenvalue weighted by atomic mass is 16.2. The Morgan fingerprint density at radius 2 is 2.10 bits per heavy atom. The number of carbonyl (C=O) groups is 2. The molecule has 2 unspecified atom stereocenters. The van der Waals surface area contributed by atoms with Gasteiger partial charge in [-0.15, -0.1) is 12.3 Å². The average Bonchev–Trinajstić information content (AvgIpc) is 2.49. The van der Waals surface area contributed by atoms with Gasteiger partial charge in [0.05, 0.1) is 6.54 Å². The lowest BCUT2D eigenvalue weighted by Crippen LogP contribution is -2.61. The quantitative estimate of drug-likeness (QED) is 0.830. The van der Waals surface area contributed by atoms with Gasteiger partial charge in [-0.2, -0.15) is 0 Å². The predicted molar refractivity (Wildman–Crippen MR) is 81.3 cm³/mol. The zero-order valence-corrected chi connectivity index (χ0v) is 12.2. The molecule has 110 valence electrons. The number of benzene rings is 1. The first-order valence-electron chi connectivity index (χ1n) is 7.23. The van der Waals surface area contributed by atoms with Crippen LogP contribution in [0.2, 0.25) is 0 Å². The molecule has 0 aliphatic carbocycles. The highest BCUT2D eigenvalue weighted by molar-refractivity contribution is 5.95. The summed E-state index contributed by atoms with van der Waals surface area (Å²) in [6, 6.07) is 9.13. The van der Waals surface area contributed by atoms with E-state index in [0.717, 1.165) is 12.0 Å². The lowest BCUT2D eigenvalue weighted by atomic mass is 10.0. The van der Waals surface area contributed by atoms with Crippen molar-refractivity contribution in [3.05, 3.63) is 35.9 Å². The number of carbonyl (C=O) groups excluding carboxylic acids is 2. The first-order valence-corrected chi connectivity index (χ1v) is 7.23. The van der Waals surface area contributed by atoms with Crippen LogP contribution < -0.4 is 5.32 Å². The molecule has 1 aromatic carbocycles. The molecule has 0 spiro atoms. The average molecular weight is 284 g/mol. The lowest BCUT2D eigenvalue weighted by molar-refractivity contribution is -0.146. The summed E-state index contributed by atoms with van der Waals surface area (Å²) in [6.07, 6.45) is 7.10. The number of amides is 2. The first kappa shape index (κ1) is 15.1. The van der Waals surface area contributed by atoms with Crippen LogP contribution in [-0.2, 0) is 16.0 Å². The monoisotopic (exact) mass is 284 g/mol. The fourth-order valence-corrected chi connectivity index (χ4v) is 2.64. The minimum Gasteiger partial charge on any atom is -0.342 e. The highest BCUT2D eigenvalue weighted by Crippen LogP contribution is 2.15. The van der Waals surface area contributed by atoms with Gasteiger partial charge in [0.25, 0.3) is 0 Å². The summed E-state index contributed by atoms with van der Waals surface area (Å²) in [5.74, 6) is 2.43. The SMILES string of the molecule is C#CCC(CC)N1CC(=O)NC(Cc2ccccc2)C1=O. The van der Waals surface area contributed by atoms with Gasteiger partial charge in [0, 0.05) is 18.9 Å². The Kier molecular flexibility index (Phi) is 4.99. The van der Waals surface area contributed by atoms with E-state index in [4.69, 9.17) is 6.42 Å². The molecule has 2 amide bonds. The van der Waals surface area contributed by atoms with Crippen LogP contribution in [0.3, 0.4) is 0 Å². The van der Waals surface area contributed by atoms with Crippen LogP contribution in [0.5, 0.6) is 0 Å². The summed E-state index contributed by atoms with van der Waals surface area (Å²) < 4.78 is 0. The molecule has 0 saturated carbocycles. The minimum atomic E-state index is -0.500. The van der Waals surface area contributed by atoms with Gasteiger partial charge in [-0.3, -0.25) is 9.59 Å². The Balaban J connectivity index is 2.14. The van der Waals surface area contributed by atoms with Gasteiger partial charge in [0.1, 0.15) is 6.04 Å². The van der Waals surface area contributed by atoms with Gasteiger partial charge in [0.2, 0.25) is 11.8 Å². The summed E-state index contributed by atoms with van der Waals surface area (Å²) in [6.45, 7) is 2.08. The summed E-state index contributed by atoms with van der Waals surface area (Å²) in [7, 11) is 0. The highest BCUT2D eigenvalue weighted by Gasteiger charge is 2.35. The molecule has 4 heteroatoms. The van der Waals surface area contributed by atoms with E-state index in [2.05, 4.69) is 11.2 Å². The second kappa shape index (κ2) is 6.94. The molecule has 1 aliphatic rings. The van der Waals surface area contributed by atoms with E-state index in [1.165, 1.54) is 0 Å². The van der Waals surface area contributed by atoms with Crippen molar-refractivity contribution in [2.75, 3.05) is 6.54 Å². The van der Waals surface area contributed by atoms with Gasteiger partial charge >= 0.3 is 0 Å². The number of rotatable bonds is 5. The van der Waals surface area contributed by atoms with E-state index < -0.39 is 6.04 Å². The molecule has 0 radical (unpaired) electrons. The van der Waals surface area contributed by atoms with Gasteiger partial charge < -0.3 is 10.2 Å². The largest absolute Gasteiger partial charge is 0.342 e. The molecule has 4 nitrogen and oxygen atoms in total. The van der Waals surface area contributed by atoms with Crippen LogP contribution >= 0.6 is 0 Å². The van der Waals surface area contributed by atoms with E-state index >= 15 is 0 Å². The van der Waals surface area contributed by atoms with Crippen LogP contribution in [0, 0.1) is 12.3 Å². The van der Waals surface area contributed by atoms with Crippen molar-refractivity contribution in [1.82, 2.24) is 10.2 Å². The molecule has 1 heterocycles. The zero-order chi connectivity index (χ0) is 15.2. The molecule has 1 fully saturated rings. The van der Waals surface area contributed by atoms with Crippen molar-refractivity contribution in [1.29, 1.82) is 0 Å². The number of nitrogens with one attached hydrogen (secondary N) is 1. The Morgan fingerprint density at radius 3 is 2.71 bits per heavy atom. The summed E-state index contributed by atoms with van der Waals surface area (Å²) >= 11 is 0. The Bertz CT molecular complexity index is 548. The second-order valence-electron chi connectivity index (χ2n) is 5.25. The molecule has 21 heavy (non-hydrogen) atoms. The number of nitrogens with zero attached hydrogens (tertiary/aromatic N) is 1. The zero-order valence-electron chi connectivity index (χ0n) is 12.2. The third kappa shape index (κ3) is 3.63.